The van der Waals surface area contributed by atoms with Crippen molar-refractivity contribution in [1.82, 2.24) is 15.1 Å². The molecule has 1 atom stereocenters. The first kappa shape index (κ1) is 21.7. The van der Waals surface area contributed by atoms with Crippen molar-refractivity contribution in [2.75, 3.05) is 44.2 Å². The Morgan fingerprint density at radius 2 is 1.96 bits per heavy atom. The third-order valence-corrected chi connectivity index (χ3v) is 7.35. The molecule has 0 spiro atoms. The van der Waals surface area contributed by atoms with Gasteiger partial charge in [0.2, 0.25) is 5.91 Å². The smallest absolute Gasteiger partial charge is 0.242 e. The highest BCUT2D eigenvalue weighted by Crippen LogP contribution is 2.20. The Labute approximate surface area is 173 Å². The van der Waals surface area contributed by atoms with Crippen molar-refractivity contribution in [3.05, 3.63) is 0 Å². The van der Waals surface area contributed by atoms with E-state index in [1.807, 2.05) is 16.7 Å². The molecule has 0 bridgehead atoms. The lowest BCUT2D eigenvalue weighted by molar-refractivity contribution is -0.134. The zero-order valence-corrected chi connectivity index (χ0v) is 18.7. The van der Waals surface area contributed by atoms with Gasteiger partial charge in [0.15, 0.2) is 15.8 Å². The zero-order valence-electron chi connectivity index (χ0n) is 15.5. The molecule has 2 saturated heterocycles. The third-order valence-electron chi connectivity index (χ3n) is 5.51. The van der Waals surface area contributed by atoms with E-state index in [4.69, 9.17) is 4.99 Å². The topological polar surface area (TPSA) is 82.1 Å². The second kappa shape index (κ2) is 9.57. The first-order valence-corrected chi connectivity index (χ1v) is 11.3. The maximum atomic E-state index is 12.2. The number of guanidine groups is 1. The van der Waals surface area contributed by atoms with E-state index in [0.29, 0.717) is 25.6 Å². The van der Waals surface area contributed by atoms with Crippen molar-refractivity contribution in [1.29, 1.82) is 0 Å². The van der Waals surface area contributed by atoms with Crippen LogP contribution in [0.5, 0.6) is 0 Å². The minimum Gasteiger partial charge on any atom is -0.353 e. The van der Waals surface area contributed by atoms with Gasteiger partial charge in [-0.2, -0.15) is 0 Å². The van der Waals surface area contributed by atoms with E-state index >= 15 is 0 Å². The van der Waals surface area contributed by atoms with Crippen LogP contribution in [-0.2, 0) is 14.6 Å². The van der Waals surface area contributed by atoms with Gasteiger partial charge in [0.25, 0.3) is 0 Å². The van der Waals surface area contributed by atoms with Crippen molar-refractivity contribution in [3.8, 4) is 0 Å². The molecule has 0 radical (unpaired) electrons. The molecular weight excluding hydrogens is 467 g/mol. The summed E-state index contributed by atoms with van der Waals surface area (Å²) in [6.07, 6.45) is 5.44. The summed E-state index contributed by atoms with van der Waals surface area (Å²) in [5, 5.41) is 3.54. The Kier molecular flexibility index (Phi) is 7.99. The lowest BCUT2D eigenvalue weighted by Gasteiger charge is -2.36. The molecule has 2 heterocycles. The number of hydrogen-bond donors (Lipinski definition) is 1. The second-order valence-corrected chi connectivity index (χ2v) is 9.68. The van der Waals surface area contributed by atoms with Crippen LogP contribution in [0.1, 0.15) is 39.0 Å². The predicted molar refractivity (Wildman–Crippen MR) is 114 cm³/mol. The Balaban J connectivity index is 0.00000243. The molecule has 9 heteroatoms. The van der Waals surface area contributed by atoms with Crippen molar-refractivity contribution in [3.63, 3.8) is 0 Å². The Morgan fingerprint density at radius 3 is 2.54 bits per heavy atom. The fourth-order valence-electron chi connectivity index (χ4n) is 3.94. The number of carbonyl (C=O) groups excluding carboxylic acids is 1. The van der Waals surface area contributed by atoms with E-state index in [9.17, 15) is 13.2 Å². The van der Waals surface area contributed by atoms with E-state index in [1.54, 1.807) is 0 Å². The molecule has 3 rings (SSSR count). The van der Waals surface area contributed by atoms with Gasteiger partial charge in [-0.15, -0.1) is 24.0 Å². The summed E-state index contributed by atoms with van der Waals surface area (Å²) in [7, 11) is -2.87. The number of rotatable bonds is 4. The molecular formula is C17H31IN4O3S. The number of halogens is 1. The fraction of sp³-hybridized carbons (Fsp3) is 0.882. The van der Waals surface area contributed by atoms with Crippen LogP contribution < -0.4 is 5.32 Å². The van der Waals surface area contributed by atoms with Crippen molar-refractivity contribution < 1.29 is 13.2 Å². The molecule has 3 aliphatic rings. The number of hydrogen-bond acceptors (Lipinski definition) is 4. The Morgan fingerprint density at radius 1 is 1.23 bits per heavy atom. The number of nitrogens with one attached hydrogen (secondary N) is 1. The van der Waals surface area contributed by atoms with E-state index in [0.717, 1.165) is 38.4 Å². The van der Waals surface area contributed by atoms with Crippen molar-refractivity contribution >= 4 is 45.7 Å². The van der Waals surface area contributed by atoms with Crippen LogP contribution in [0, 0.1) is 5.92 Å². The lowest BCUT2D eigenvalue weighted by Crippen LogP contribution is -2.56. The molecule has 1 unspecified atom stereocenters. The molecule has 1 saturated carbocycles. The zero-order chi connectivity index (χ0) is 17.9. The summed E-state index contributed by atoms with van der Waals surface area (Å²) in [6.45, 7) is 5.13. The summed E-state index contributed by atoms with van der Waals surface area (Å²) >= 11 is 0. The van der Waals surface area contributed by atoms with E-state index < -0.39 is 9.84 Å². The van der Waals surface area contributed by atoms with Crippen molar-refractivity contribution in [2.45, 2.75) is 45.1 Å². The number of sulfone groups is 1. The monoisotopic (exact) mass is 498 g/mol. The Bertz CT molecular complexity index is 619. The normalized spacial score (nSPS) is 26.9. The minimum atomic E-state index is -2.87. The van der Waals surface area contributed by atoms with Gasteiger partial charge in [-0.05, 0) is 32.1 Å². The highest BCUT2D eigenvalue weighted by molar-refractivity contribution is 14.0. The van der Waals surface area contributed by atoms with Gasteiger partial charge in [0.1, 0.15) is 0 Å². The number of aliphatic imine (C=N–C) groups is 1. The molecule has 1 aliphatic carbocycles. The van der Waals surface area contributed by atoms with Crippen LogP contribution in [0.2, 0.25) is 0 Å². The third kappa shape index (κ3) is 5.71. The molecule has 0 aromatic carbocycles. The maximum absolute atomic E-state index is 12.2. The number of likely N-dealkylation sites (N-methyl/N-ethyl adjacent to an activating group) is 1. The lowest BCUT2D eigenvalue weighted by atomic mass is 10.1. The van der Waals surface area contributed by atoms with Gasteiger partial charge in [-0.3, -0.25) is 9.79 Å². The molecule has 0 aromatic heterocycles. The van der Waals surface area contributed by atoms with E-state index in [2.05, 4.69) is 5.32 Å². The molecule has 2 aliphatic heterocycles. The Hall–Kier alpha value is -0.580. The van der Waals surface area contributed by atoms with Crippen LogP contribution in [0.15, 0.2) is 4.99 Å². The molecule has 1 N–H and O–H groups in total. The van der Waals surface area contributed by atoms with Gasteiger partial charge in [0.05, 0.1) is 18.1 Å². The highest BCUT2D eigenvalue weighted by Gasteiger charge is 2.30. The molecule has 150 valence electrons. The summed E-state index contributed by atoms with van der Waals surface area (Å²) < 4.78 is 23.3. The van der Waals surface area contributed by atoms with Gasteiger partial charge < -0.3 is 15.1 Å². The number of nitrogens with zero attached hydrogens (tertiary/aromatic N) is 3. The molecule has 1 amide bonds. The van der Waals surface area contributed by atoms with Gasteiger partial charge in [-0.1, -0.05) is 12.8 Å². The maximum Gasteiger partial charge on any atom is 0.242 e. The predicted octanol–water partition coefficient (Wildman–Crippen LogP) is 1.09. The van der Waals surface area contributed by atoms with Crippen LogP contribution in [0.4, 0.5) is 0 Å². The first-order valence-electron chi connectivity index (χ1n) is 9.51. The fourth-order valence-corrected chi connectivity index (χ4v) is 5.79. The molecule has 3 fully saturated rings. The average molecular weight is 498 g/mol. The van der Waals surface area contributed by atoms with Crippen LogP contribution in [0.25, 0.3) is 0 Å². The van der Waals surface area contributed by atoms with Crippen LogP contribution >= 0.6 is 24.0 Å². The number of piperazine rings is 1. The highest BCUT2D eigenvalue weighted by atomic mass is 127. The second-order valence-electron chi connectivity index (χ2n) is 7.45. The number of carbonyl (C=O) groups is 1. The quantitative estimate of drug-likeness (QED) is 0.357. The van der Waals surface area contributed by atoms with Gasteiger partial charge >= 0.3 is 0 Å². The largest absolute Gasteiger partial charge is 0.353 e. The molecule has 26 heavy (non-hydrogen) atoms. The summed E-state index contributed by atoms with van der Waals surface area (Å²) in [6, 6.07) is 0.422. The minimum absolute atomic E-state index is 0. The van der Waals surface area contributed by atoms with E-state index in [-0.39, 0.29) is 47.3 Å². The van der Waals surface area contributed by atoms with Gasteiger partial charge in [0, 0.05) is 32.2 Å². The standard InChI is InChI=1S/C17H30N4O3S.HI/c1-2-20-8-9-21(12-16(20)22)17(19-15-5-3-4-6-15)18-11-14-7-10-25(23,24)13-14;/h14-15H,2-13H2,1H3,(H,18,19);1H. The summed E-state index contributed by atoms with van der Waals surface area (Å²) in [4.78, 5) is 20.9. The number of amides is 1. The van der Waals surface area contributed by atoms with Crippen molar-refractivity contribution in [2.24, 2.45) is 10.9 Å². The van der Waals surface area contributed by atoms with Crippen LogP contribution in [-0.4, -0.2) is 80.4 Å². The molecule has 0 aromatic rings. The van der Waals surface area contributed by atoms with Crippen LogP contribution in [0.3, 0.4) is 0 Å². The first-order chi connectivity index (χ1) is 12.0. The molecule has 7 nitrogen and oxygen atoms in total. The van der Waals surface area contributed by atoms with E-state index in [1.165, 1.54) is 12.8 Å². The summed E-state index contributed by atoms with van der Waals surface area (Å²) in [5.41, 5.74) is 0. The average Bonchev–Trinajstić information content (AvgIpc) is 3.20. The summed E-state index contributed by atoms with van der Waals surface area (Å²) in [5.74, 6) is 1.57. The van der Waals surface area contributed by atoms with Gasteiger partial charge in [-0.25, -0.2) is 8.42 Å². The SMILES string of the molecule is CCN1CCN(C(=NCC2CCS(=O)(=O)C2)NC2CCCC2)CC1=O.I.